The molecule has 7 heteroatoms. The van der Waals surface area contributed by atoms with Crippen molar-refractivity contribution in [3.8, 4) is 16.1 Å². The highest BCUT2D eigenvalue weighted by Crippen LogP contribution is 2.30. The van der Waals surface area contributed by atoms with Crippen LogP contribution in [0.15, 0.2) is 71.5 Å². The van der Waals surface area contributed by atoms with Crippen molar-refractivity contribution in [2.75, 3.05) is 7.05 Å². The second-order valence-corrected chi connectivity index (χ2v) is 9.31. The number of nitrogens with one attached hydrogen (secondary N) is 1. The van der Waals surface area contributed by atoms with Crippen LogP contribution in [0.5, 0.6) is 0 Å². The quantitative estimate of drug-likeness (QED) is 0.387. The van der Waals surface area contributed by atoms with Crippen molar-refractivity contribution in [2.24, 2.45) is 0 Å². The number of fused-ring (bicyclic) bond motifs is 1. The van der Waals surface area contributed by atoms with Gasteiger partial charge in [0.1, 0.15) is 10.7 Å². The van der Waals surface area contributed by atoms with Crippen LogP contribution in [0.1, 0.15) is 22.8 Å². The summed E-state index contributed by atoms with van der Waals surface area (Å²) in [6.07, 6.45) is 0. The summed E-state index contributed by atoms with van der Waals surface area (Å²) in [4.78, 5) is 24.4. The monoisotopic (exact) mass is 455 g/mol. The average molecular weight is 456 g/mol. The van der Waals surface area contributed by atoms with E-state index in [2.05, 4.69) is 28.9 Å². The van der Waals surface area contributed by atoms with E-state index in [9.17, 15) is 4.79 Å². The predicted molar refractivity (Wildman–Crippen MR) is 134 cm³/mol. The SMILES string of the molecule is Cc1nn(-c2ccccc2)c(C)c1CN(C)Cc1nc2sc(-c3ccccc3)cc2c(=O)[nH]1. The predicted octanol–water partition coefficient (Wildman–Crippen LogP) is 5.09. The van der Waals surface area contributed by atoms with Crippen LogP contribution in [-0.2, 0) is 13.1 Å². The number of hydrogen-bond donors (Lipinski definition) is 1. The van der Waals surface area contributed by atoms with E-state index in [-0.39, 0.29) is 5.56 Å². The maximum Gasteiger partial charge on any atom is 0.259 e. The summed E-state index contributed by atoms with van der Waals surface area (Å²) in [5.41, 5.74) is 5.37. The Morgan fingerprint density at radius 2 is 1.70 bits per heavy atom. The normalized spacial score (nSPS) is 11.5. The van der Waals surface area contributed by atoms with E-state index >= 15 is 0 Å². The average Bonchev–Trinajstić information content (AvgIpc) is 3.37. The number of aryl methyl sites for hydroxylation is 1. The minimum Gasteiger partial charge on any atom is -0.309 e. The van der Waals surface area contributed by atoms with Gasteiger partial charge in [0.05, 0.1) is 23.3 Å². The molecule has 5 rings (SSSR count). The molecule has 0 aliphatic rings. The number of nitrogens with zero attached hydrogens (tertiary/aromatic N) is 4. The third-order valence-electron chi connectivity index (χ3n) is 5.80. The molecule has 0 aliphatic heterocycles. The first-order chi connectivity index (χ1) is 16.0. The Morgan fingerprint density at radius 1 is 1.00 bits per heavy atom. The van der Waals surface area contributed by atoms with Crippen molar-refractivity contribution in [2.45, 2.75) is 26.9 Å². The third-order valence-corrected chi connectivity index (χ3v) is 6.88. The molecule has 0 unspecified atom stereocenters. The molecule has 5 aromatic rings. The fraction of sp³-hybridized carbons (Fsp3) is 0.192. The molecule has 0 bridgehead atoms. The van der Waals surface area contributed by atoms with Crippen LogP contribution in [0.4, 0.5) is 0 Å². The van der Waals surface area contributed by atoms with Crippen molar-refractivity contribution in [1.82, 2.24) is 24.6 Å². The molecule has 6 nitrogen and oxygen atoms in total. The first-order valence-electron chi connectivity index (χ1n) is 10.9. The second kappa shape index (κ2) is 8.77. The summed E-state index contributed by atoms with van der Waals surface area (Å²) < 4.78 is 1.99. The van der Waals surface area contributed by atoms with Gasteiger partial charge >= 0.3 is 0 Å². The molecule has 33 heavy (non-hydrogen) atoms. The molecule has 0 atom stereocenters. The molecule has 0 radical (unpaired) electrons. The summed E-state index contributed by atoms with van der Waals surface area (Å²) >= 11 is 1.55. The van der Waals surface area contributed by atoms with Gasteiger partial charge in [-0.2, -0.15) is 5.10 Å². The highest BCUT2D eigenvalue weighted by atomic mass is 32.1. The minimum atomic E-state index is -0.0916. The third kappa shape index (κ3) is 4.25. The lowest BCUT2D eigenvalue weighted by atomic mass is 10.2. The van der Waals surface area contributed by atoms with Crippen LogP contribution in [0.2, 0.25) is 0 Å². The molecule has 0 saturated heterocycles. The van der Waals surface area contributed by atoms with Crippen LogP contribution in [0, 0.1) is 13.8 Å². The summed E-state index contributed by atoms with van der Waals surface area (Å²) in [7, 11) is 2.03. The van der Waals surface area contributed by atoms with Crippen LogP contribution in [-0.4, -0.2) is 31.7 Å². The van der Waals surface area contributed by atoms with Crippen molar-refractivity contribution in [3.63, 3.8) is 0 Å². The zero-order valence-electron chi connectivity index (χ0n) is 18.9. The molecule has 166 valence electrons. The van der Waals surface area contributed by atoms with E-state index in [1.807, 2.05) is 73.3 Å². The summed E-state index contributed by atoms with van der Waals surface area (Å²) in [6, 6.07) is 22.2. The molecule has 3 heterocycles. The lowest BCUT2D eigenvalue weighted by molar-refractivity contribution is 0.309. The van der Waals surface area contributed by atoms with E-state index < -0.39 is 0 Å². The summed E-state index contributed by atoms with van der Waals surface area (Å²) in [5.74, 6) is 0.669. The van der Waals surface area contributed by atoms with Crippen LogP contribution in [0.3, 0.4) is 0 Å². The van der Waals surface area contributed by atoms with Crippen LogP contribution < -0.4 is 5.56 Å². The summed E-state index contributed by atoms with van der Waals surface area (Å²) in [6.45, 7) is 5.39. The van der Waals surface area contributed by atoms with E-state index in [0.717, 1.165) is 32.3 Å². The molecule has 2 aromatic carbocycles. The van der Waals surface area contributed by atoms with Gasteiger partial charge in [-0.15, -0.1) is 11.3 Å². The number of rotatable bonds is 6. The number of thiophene rings is 1. The number of aromatic amines is 1. The number of benzene rings is 2. The number of aromatic nitrogens is 4. The van der Waals surface area contributed by atoms with E-state index in [1.165, 1.54) is 5.56 Å². The lowest BCUT2D eigenvalue weighted by Gasteiger charge is -2.16. The zero-order valence-corrected chi connectivity index (χ0v) is 19.7. The molecule has 1 N–H and O–H groups in total. The number of hydrogen-bond acceptors (Lipinski definition) is 5. The minimum absolute atomic E-state index is 0.0916. The van der Waals surface area contributed by atoms with Crippen molar-refractivity contribution in [1.29, 1.82) is 0 Å². The fourth-order valence-electron chi connectivity index (χ4n) is 4.10. The molecule has 0 aliphatic carbocycles. The Balaban J connectivity index is 1.38. The molecule has 0 spiro atoms. The Bertz CT molecular complexity index is 1470. The van der Waals surface area contributed by atoms with Gasteiger partial charge < -0.3 is 4.98 Å². The van der Waals surface area contributed by atoms with Gasteiger partial charge in [0, 0.05) is 22.7 Å². The van der Waals surface area contributed by atoms with Crippen molar-refractivity contribution < 1.29 is 0 Å². The van der Waals surface area contributed by atoms with Crippen LogP contribution >= 0.6 is 11.3 Å². The Hall–Kier alpha value is -3.55. The maximum absolute atomic E-state index is 12.7. The van der Waals surface area contributed by atoms with Gasteiger partial charge in [0.25, 0.3) is 5.56 Å². The zero-order chi connectivity index (χ0) is 22.9. The Kier molecular flexibility index (Phi) is 5.66. The Labute approximate surface area is 196 Å². The van der Waals surface area contributed by atoms with Gasteiger partial charge in [-0.3, -0.25) is 9.69 Å². The molecular weight excluding hydrogens is 430 g/mol. The van der Waals surface area contributed by atoms with Crippen LogP contribution in [0.25, 0.3) is 26.3 Å². The van der Waals surface area contributed by atoms with E-state index in [1.54, 1.807) is 11.3 Å². The largest absolute Gasteiger partial charge is 0.309 e. The number of para-hydroxylation sites is 1. The molecule has 0 amide bonds. The van der Waals surface area contributed by atoms with Gasteiger partial charge in [0.15, 0.2) is 0 Å². The first-order valence-corrected chi connectivity index (χ1v) is 11.7. The molecule has 0 fully saturated rings. The standard InChI is InChI=1S/C26H25N5OS/c1-17-22(18(2)31(29-17)20-12-8-5-9-13-20)15-30(3)16-24-27-25(32)21-14-23(33-26(21)28-24)19-10-6-4-7-11-19/h4-14H,15-16H2,1-3H3,(H,27,28,32). The van der Waals surface area contributed by atoms with Crippen molar-refractivity contribution >= 4 is 21.6 Å². The molecule has 0 saturated carbocycles. The highest BCUT2D eigenvalue weighted by Gasteiger charge is 2.16. The van der Waals surface area contributed by atoms with E-state index in [0.29, 0.717) is 24.3 Å². The lowest BCUT2D eigenvalue weighted by Crippen LogP contribution is -2.22. The molecule has 3 aromatic heterocycles. The highest BCUT2D eigenvalue weighted by molar-refractivity contribution is 7.21. The molecular formula is C26H25N5OS. The van der Waals surface area contributed by atoms with Gasteiger partial charge in [-0.05, 0) is 44.7 Å². The van der Waals surface area contributed by atoms with Gasteiger partial charge in [-0.25, -0.2) is 9.67 Å². The Morgan fingerprint density at radius 3 is 2.42 bits per heavy atom. The fourth-order valence-corrected chi connectivity index (χ4v) is 5.16. The smallest absolute Gasteiger partial charge is 0.259 e. The first kappa shape index (κ1) is 21.3. The van der Waals surface area contributed by atoms with Gasteiger partial charge in [0.2, 0.25) is 0 Å². The maximum atomic E-state index is 12.7. The van der Waals surface area contributed by atoms with Gasteiger partial charge in [-0.1, -0.05) is 48.5 Å². The van der Waals surface area contributed by atoms with E-state index in [4.69, 9.17) is 10.1 Å². The van der Waals surface area contributed by atoms with Crippen molar-refractivity contribution in [3.05, 3.63) is 99.9 Å². The number of H-pyrrole nitrogens is 1. The summed E-state index contributed by atoms with van der Waals surface area (Å²) in [5, 5.41) is 5.39. The topological polar surface area (TPSA) is 66.8 Å². The second-order valence-electron chi connectivity index (χ2n) is 8.28.